The zero-order valence-electron chi connectivity index (χ0n) is 10.6. The van der Waals surface area contributed by atoms with Gasteiger partial charge in [0.2, 0.25) is 0 Å². The molecule has 0 fully saturated rings. The van der Waals surface area contributed by atoms with Crippen molar-refractivity contribution < 1.29 is 18.3 Å². The van der Waals surface area contributed by atoms with Gasteiger partial charge >= 0.3 is 5.97 Å². The first-order valence-corrected chi connectivity index (χ1v) is 7.27. The standard InChI is InChI=1S/C13H16O4S/c1-8-6-10-7-9(12(14)15)4-5-11(10)18(16,17)13(8,2)3/h4-5,7-8H,6H2,1-3H3,(H,14,15). The third kappa shape index (κ3) is 1.65. The van der Waals surface area contributed by atoms with Crippen molar-refractivity contribution >= 4 is 15.8 Å². The van der Waals surface area contributed by atoms with Crippen LogP contribution in [0.15, 0.2) is 23.1 Å². The molecule has 2 rings (SSSR count). The Morgan fingerprint density at radius 2 is 2.00 bits per heavy atom. The number of sulfone groups is 1. The van der Waals surface area contributed by atoms with Crippen LogP contribution in [0.5, 0.6) is 0 Å². The van der Waals surface area contributed by atoms with Crippen LogP contribution in [0.2, 0.25) is 0 Å². The average Bonchev–Trinajstić information content (AvgIpc) is 2.26. The minimum absolute atomic E-state index is 0.0426. The zero-order chi connectivity index (χ0) is 13.7. The Kier molecular flexibility index (Phi) is 2.77. The van der Waals surface area contributed by atoms with Crippen LogP contribution in [-0.4, -0.2) is 24.2 Å². The molecule has 0 radical (unpaired) electrons. The fourth-order valence-electron chi connectivity index (χ4n) is 2.26. The van der Waals surface area contributed by atoms with Crippen LogP contribution in [0.4, 0.5) is 0 Å². The Morgan fingerprint density at radius 3 is 2.56 bits per heavy atom. The fraction of sp³-hybridized carbons (Fsp3) is 0.462. The predicted molar refractivity (Wildman–Crippen MR) is 67.5 cm³/mol. The Balaban J connectivity index is 2.68. The van der Waals surface area contributed by atoms with Crippen LogP contribution in [-0.2, 0) is 16.3 Å². The van der Waals surface area contributed by atoms with E-state index in [0.717, 1.165) is 0 Å². The minimum atomic E-state index is -3.40. The van der Waals surface area contributed by atoms with E-state index in [1.54, 1.807) is 13.8 Å². The van der Waals surface area contributed by atoms with Gasteiger partial charge in [-0.25, -0.2) is 13.2 Å². The van der Waals surface area contributed by atoms with Crippen LogP contribution in [0.1, 0.15) is 36.7 Å². The number of aromatic carboxylic acids is 1. The number of rotatable bonds is 1. The topological polar surface area (TPSA) is 71.4 Å². The third-order valence-corrected chi connectivity index (χ3v) is 6.77. The molecule has 1 atom stereocenters. The summed E-state index contributed by atoms with van der Waals surface area (Å²) >= 11 is 0. The number of hydrogen-bond acceptors (Lipinski definition) is 3. The summed E-state index contributed by atoms with van der Waals surface area (Å²) in [6.45, 7) is 5.33. The van der Waals surface area contributed by atoms with Crippen LogP contribution < -0.4 is 0 Å². The summed E-state index contributed by atoms with van der Waals surface area (Å²) in [5.41, 5.74) is 0.748. The number of hydrogen-bond donors (Lipinski definition) is 1. The second kappa shape index (κ2) is 3.82. The lowest BCUT2D eigenvalue weighted by Crippen LogP contribution is -2.43. The average molecular weight is 268 g/mol. The highest BCUT2D eigenvalue weighted by molar-refractivity contribution is 7.93. The minimum Gasteiger partial charge on any atom is -0.478 e. The van der Waals surface area contributed by atoms with Gasteiger partial charge in [-0.2, -0.15) is 0 Å². The van der Waals surface area contributed by atoms with Crippen molar-refractivity contribution in [2.45, 2.75) is 36.8 Å². The van der Waals surface area contributed by atoms with Gasteiger partial charge in [-0.3, -0.25) is 0 Å². The molecule has 1 aromatic rings. The molecule has 4 nitrogen and oxygen atoms in total. The van der Waals surface area contributed by atoms with Gasteiger partial charge in [0.15, 0.2) is 9.84 Å². The zero-order valence-corrected chi connectivity index (χ0v) is 11.4. The summed E-state index contributed by atoms with van der Waals surface area (Å²) in [4.78, 5) is 11.2. The largest absolute Gasteiger partial charge is 0.478 e. The molecule has 98 valence electrons. The van der Waals surface area contributed by atoms with Crippen molar-refractivity contribution in [1.82, 2.24) is 0 Å². The highest BCUT2D eigenvalue weighted by atomic mass is 32.2. The summed E-state index contributed by atoms with van der Waals surface area (Å²) < 4.78 is 24.1. The second-order valence-corrected chi connectivity index (χ2v) is 7.84. The van der Waals surface area contributed by atoms with Gasteiger partial charge < -0.3 is 5.11 Å². The lowest BCUT2D eigenvalue weighted by atomic mass is 9.89. The Hall–Kier alpha value is -1.36. The quantitative estimate of drug-likeness (QED) is 0.847. The van der Waals surface area contributed by atoms with Crippen molar-refractivity contribution in [3.8, 4) is 0 Å². The van der Waals surface area contributed by atoms with Crippen LogP contribution >= 0.6 is 0 Å². The van der Waals surface area contributed by atoms with E-state index in [1.807, 2.05) is 6.92 Å². The van der Waals surface area contributed by atoms with E-state index in [1.165, 1.54) is 18.2 Å². The number of carbonyl (C=O) groups is 1. The molecule has 1 aliphatic heterocycles. The van der Waals surface area contributed by atoms with Crippen molar-refractivity contribution in [1.29, 1.82) is 0 Å². The predicted octanol–water partition coefficient (Wildman–Crippen LogP) is 2.13. The van der Waals surface area contributed by atoms with E-state index >= 15 is 0 Å². The second-order valence-electron chi connectivity index (χ2n) is 5.34. The van der Waals surface area contributed by atoms with Crippen molar-refractivity contribution in [2.75, 3.05) is 0 Å². The molecule has 0 saturated carbocycles. The number of fused-ring (bicyclic) bond motifs is 1. The third-order valence-electron chi connectivity index (χ3n) is 4.00. The van der Waals surface area contributed by atoms with Gasteiger partial charge in [-0.05, 0) is 49.9 Å². The van der Waals surface area contributed by atoms with Gasteiger partial charge in [0, 0.05) is 0 Å². The van der Waals surface area contributed by atoms with Crippen molar-refractivity contribution in [3.05, 3.63) is 29.3 Å². The lowest BCUT2D eigenvalue weighted by molar-refractivity contribution is 0.0696. The number of benzene rings is 1. The van der Waals surface area contributed by atoms with E-state index in [2.05, 4.69) is 0 Å². The molecule has 0 bridgehead atoms. The van der Waals surface area contributed by atoms with Crippen molar-refractivity contribution in [2.24, 2.45) is 5.92 Å². The summed E-state index contributed by atoms with van der Waals surface area (Å²) in [6, 6.07) is 4.24. The SMILES string of the molecule is CC1Cc2cc(C(=O)O)ccc2S(=O)(=O)C1(C)C. The van der Waals surface area contributed by atoms with Crippen LogP contribution in [0, 0.1) is 5.92 Å². The molecule has 1 unspecified atom stereocenters. The molecule has 1 N–H and O–H groups in total. The van der Waals surface area contributed by atoms with E-state index in [-0.39, 0.29) is 16.4 Å². The number of carboxylic acids is 1. The van der Waals surface area contributed by atoms with E-state index in [0.29, 0.717) is 12.0 Å². The first kappa shape index (κ1) is 13.1. The molecule has 5 heteroatoms. The van der Waals surface area contributed by atoms with Gasteiger partial charge in [0.1, 0.15) is 0 Å². The molecule has 0 aliphatic carbocycles. The first-order chi connectivity index (χ1) is 8.18. The molecule has 0 amide bonds. The lowest BCUT2D eigenvalue weighted by Gasteiger charge is -2.37. The molecule has 0 aromatic heterocycles. The monoisotopic (exact) mass is 268 g/mol. The van der Waals surface area contributed by atoms with Gasteiger partial charge in [-0.1, -0.05) is 6.92 Å². The fourth-order valence-corrected chi connectivity index (χ4v) is 4.17. The molecule has 0 saturated heterocycles. The molecule has 1 aromatic carbocycles. The van der Waals surface area contributed by atoms with E-state index in [9.17, 15) is 13.2 Å². The molecular formula is C13H16O4S. The maximum atomic E-state index is 12.5. The van der Waals surface area contributed by atoms with Gasteiger partial charge in [0.25, 0.3) is 0 Å². The summed E-state index contributed by atoms with van der Waals surface area (Å²) in [5.74, 6) is -1.08. The van der Waals surface area contributed by atoms with Gasteiger partial charge in [0.05, 0.1) is 15.2 Å². The summed E-state index contributed by atoms with van der Waals surface area (Å²) in [5, 5.41) is 8.94. The Labute approximate surface area is 107 Å². The molecule has 1 heterocycles. The smallest absolute Gasteiger partial charge is 0.335 e. The molecular weight excluding hydrogens is 252 g/mol. The normalized spacial score (nSPS) is 24.3. The Bertz CT molecular complexity index is 614. The van der Waals surface area contributed by atoms with Crippen LogP contribution in [0.3, 0.4) is 0 Å². The maximum Gasteiger partial charge on any atom is 0.335 e. The highest BCUT2D eigenvalue weighted by Crippen LogP contribution is 2.40. The maximum absolute atomic E-state index is 12.5. The van der Waals surface area contributed by atoms with E-state index < -0.39 is 20.6 Å². The number of carboxylic acid groups (broad SMARTS) is 1. The van der Waals surface area contributed by atoms with Crippen LogP contribution in [0.25, 0.3) is 0 Å². The molecule has 18 heavy (non-hydrogen) atoms. The van der Waals surface area contributed by atoms with Gasteiger partial charge in [-0.15, -0.1) is 0 Å². The van der Waals surface area contributed by atoms with E-state index in [4.69, 9.17) is 5.11 Å². The first-order valence-electron chi connectivity index (χ1n) is 5.79. The molecule has 0 spiro atoms. The van der Waals surface area contributed by atoms with Crippen molar-refractivity contribution in [3.63, 3.8) is 0 Å². The Morgan fingerprint density at radius 1 is 1.39 bits per heavy atom. The summed E-state index contributed by atoms with van der Waals surface area (Å²) in [7, 11) is -3.40. The molecule has 1 aliphatic rings. The highest BCUT2D eigenvalue weighted by Gasteiger charge is 2.45. The summed E-state index contributed by atoms with van der Waals surface area (Å²) in [6.07, 6.45) is 0.586.